The molecule has 0 unspecified atom stereocenters. The molecule has 334 valence electrons. The first kappa shape index (κ1) is 54.9. The van der Waals surface area contributed by atoms with Crippen LogP contribution in [0.4, 0.5) is 0 Å². The van der Waals surface area contributed by atoms with E-state index in [1.807, 2.05) is 0 Å². The predicted molar refractivity (Wildman–Crippen MR) is 244 cm³/mol. The lowest BCUT2D eigenvalue weighted by Gasteiger charge is -2.24. The first-order valence-electron chi connectivity index (χ1n) is 25.1. The Morgan fingerprint density at radius 3 is 0.946 bits per heavy atom. The SMILES string of the molecule is CCCCCCCCC(CCCCCCCC)OC(=O)CCCCCN(CCCCCC(=O)OC(CCCCCCCC)CCCCCCCC)CCN(C)C. The Balaban J connectivity index is 4.57. The molecule has 56 heavy (non-hydrogen) atoms. The third-order valence-corrected chi connectivity index (χ3v) is 11.7. The number of hydrogen-bond donors (Lipinski definition) is 0. The second-order valence-corrected chi connectivity index (χ2v) is 17.7. The summed E-state index contributed by atoms with van der Waals surface area (Å²) in [4.78, 5) is 30.6. The van der Waals surface area contributed by atoms with E-state index < -0.39 is 0 Å². The molecule has 0 aromatic carbocycles. The van der Waals surface area contributed by atoms with Crippen molar-refractivity contribution in [1.29, 1.82) is 0 Å². The number of nitrogens with zero attached hydrogens (tertiary/aromatic N) is 2. The lowest BCUT2D eigenvalue weighted by molar-refractivity contribution is -0.151. The second kappa shape index (κ2) is 43.4. The molecule has 0 aliphatic rings. The zero-order valence-corrected chi connectivity index (χ0v) is 39.0. The largest absolute Gasteiger partial charge is 0.462 e. The number of esters is 2. The van der Waals surface area contributed by atoms with Crippen molar-refractivity contribution in [2.75, 3.05) is 40.3 Å². The lowest BCUT2D eigenvalue weighted by Crippen LogP contribution is -2.33. The molecule has 6 nitrogen and oxygen atoms in total. The van der Waals surface area contributed by atoms with Crippen molar-refractivity contribution in [3.8, 4) is 0 Å². The standard InChI is InChI=1S/C50H100N2O4/c1-7-11-15-19-23-29-37-47(38-30-24-20-16-12-8-2)55-49(53)41-33-27-35-43-52(46-45-51(5)6)44-36-28-34-42-50(54)56-48(39-31-25-21-17-13-9-3)40-32-26-22-18-14-10-4/h47-48H,7-46H2,1-6H3. The van der Waals surface area contributed by atoms with Crippen molar-refractivity contribution < 1.29 is 19.1 Å². The summed E-state index contributed by atoms with van der Waals surface area (Å²) < 4.78 is 12.2. The number of likely N-dealkylation sites (N-methyl/N-ethyl adjacent to an activating group) is 1. The van der Waals surface area contributed by atoms with Crippen LogP contribution in [0.25, 0.3) is 0 Å². The number of unbranched alkanes of at least 4 members (excludes halogenated alkanes) is 24. The molecule has 0 aliphatic heterocycles. The molecule has 0 saturated carbocycles. The molecular weight excluding hydrogens is 693 g/mol. The lowest BCUT2D eigenvalue weighted by atomic mass is 10.0. The number of hydrogen-bond acceptors (Lipinski definition) is 6. The van der Waals surface area contributed by atoms with E-state index in [0.717, 1.165) is 90.4 Å². The summed E-state index contributed by atoms with van der Waals surface area (Å²) in [5.41, 5.74) is 0. The summed E-state index contributed by atoms with van der Waals surface area (Å²) in [5.74, 6) is 0.0391. The van der Waals surface area contributed by atoms with Gasteiger partial charge in [-0.25, -0.2) is 0 Å². The van der Waals surface area contributed by atoms with Crippen LogP contribution >= 0.6 is 0 Å². The molecule has 0 spiro atoms. The van der Waals surface area contributed by atoms with Crippen LogP contribution < -0.4 is 0 Å². The highest BCUT2D eigenvalue weighted by molar-refractivity contribution is 5.69. The van der Waals surface area contributed by atoms with Crippen LogP contribution in [-0.2, 0) is 19.1 Å². The quantitative estimate of drug-likeness (QED) is 0.0452. The normalized spacial score (nSPS) is 11.8. The van der Waals surface area contributed by atoms with Crippen molar-refractivity contribution in [3.63, 3.8) is 0 Å². The molecule has 0 saturated heterocycles. The van der Waals surface area contributed by atoms with E-state index in [-0.39, 0.29) is 24.1 Å². The van der Waals surface area contributed by atoms with Crippen molar-refractivity contribution in [2.45, 2.75) is 271 Å². The predicted octanol–water partition coefficient (Wildman–Crippen LogP) is 14.8. The Hall–Kier alpha value is -1.14. The minimum Gasteiger partial charge on any atom is -0.462 e. The van der Waals surface area contributed by atoms with E-state index in [4.69, 9.17) is 9.47 Å². The van der Waals surface area contributed by atoms with Gasteiger partial charge in [-0.1, -0.05) is 169 Å². The minimum atomic E-state index is 0.0195. The maximum Gasteiger partial charge on any atom is 0.306 e. The molecule has 0 aliphatic carbocycles. The number of carbonyl (C=O) groups is 2. The van der Waals surface area contributed by atoms with E-state index >= 15 is 0 Å². The molecule has 0 rings (SSSR count). The van der Waals surface area contributed by atoms with Gasteiger partial charge in [0, 0.05) is 25.9 Å². The van der Waals surface area contributed by atoms with Crippen molar-refractivity contribution in [1.82, 2.24) is 9.80 Å². The molecule has 0 radical (unpaired) electrons. The van der Waals surface area contributed by atoms with Crippen LogP contribution in [0, 0.1) is 0 Å². The van der Waals surface area contributed by atoms with Gasteiger partial charge in [-0.3, -0.25) is 9.59 Å². The Labute approximate surface area is 351 Å². The maximum absolute atomic E-state index is 12.9. The molecule has 0 amide bonds. The average molecular weight is 793 g/mol. The van der Waals surface area contributed by atoms with Gasteiger partial charge in [0.15, 0.2) is 0 Å². The maximum atomic E-state index is 12.9. The van der Waals surface area contributed by atoms with Crippen LogP contribution in [0.2, 0.25) is 0 Å². The van der Waals surface area contributed by atoms with Crippen LogP contribution in [-0.4, -0.2) is 74.2 Å². The fraction of sp³-hybridized carbons (Fsp3) is 0.960. The van der Waals surface area contributed by atoms with Crippen molar-refractivity contribution in [3.05, 3.63) is 0 Å². The van der Waals surface area contributed by atoms with Gasteiger partial charge >= 0.3 is 11.9 Å². The first-order chi connectivity index (χ1) is 27.4. The van der Waals surface area contributed by atoms with Gasteiger partial charge in [0.1, 0.15) is 12.2 Å². The van der Waals surface area contributed by atoms with Crippen LogP contribution in [0.1, 0.15) is 259 Å². The van der Waals surface area contributed by atoms with Crippen LogP contribution in [0.15, 0.2) is 0 Å². The molecule has 0 atom stereocenters. The second-order valence-electron chi connectivity index (χ2n) is 17.7. The zero-order chi connectivity index (χ0) is 41.2. The van der Waals surface area contributed by atoms with Crippen molar-refractivity contribution >= 4 is 11.9 Å². The Bertz CT molecular complexity index is 729. The summed E-state index contributed by atoms with van der Waals surface area (Å²) in [5, 5.41) is 0. The number of ether oxygens (including phenoxy) is 2. The third kappa shape index (κ3) is 39.7. The average Bonchev–Trinajstić information content (AvgIpc) is 3.18. The highest BCUT2D eigenvalue weighted by atomic mass is 16.5. The summed E-state index contributed by atoms with van der Waals surface area (Å²) in [6.45, 7) is 13.3. The van der Waals surface area contributed by atoms with E-state index in [1.165, 1.54) is 154 Å². The Kier molecular flexibility index (Phi) is 42.6. The van der Waals surface area contributed by atoms with E-state index in [1.54, 1.807) is 0 Å². The molecule has 0 bridgehead atoms. The number of rotatable bonds is 45. The summed E-state index contributed by atoms with van der Waals surface area (Å²) in [6.07, 6.45) is 42.5. The van der Waals surface area contributed by atoms with E-state index in [0.29, 0.717) is 12.8 Å². The highest BCUT2D eigenvalue weighted by Gasteiger charge is 2.16. The Morgan fingerprint density at radius 2 is 0.643 bits per heavy atom. The van der Waals surface area contributed by atoms with Gasteiger partial charge in [-0.15, -0.1) is 0 Å². The Morgan fingerprint density at radius 1 is 0.357 bits per heavy atom. The monoisotopic (exact) mass is 793 g/mol. The van der Waals surface area contributed by atoms with E-state index in [2.05, 4.69) is 51.6 Å². The molecule has 0 aromatic rings. The molecule has 0 N–H and O–H groups in total. The zero-order valence-electron chi connectivity index (χ0n) is 39.0. The van der Waals surface area contributed by atoms with E-state index in [9.17, 15) is 9.59 Å². The summed E-state index contributed by atoms with van der Waals surface area (Å²) >= 11 is 0. The van der Waals surface area contributed by atoms with Gasteiger partial charge in [0.25, 0.3) is 0 Å². The fourth-order valence-corrected chi connectivity index (χ4v) is 7.86. The van der Waals surface area contributed by atoms with Gasteiger partial charge in [-0.05, 0) is 104 Å². The molecule has 0 aromatic heterocycles. The topological polar surface area (TPSA) is 59.1 Å². The molecule has 0 heterocycles. The third-order valence-electron chi connectivity index (χ3n) is 11.7. The first-order valence-corrected chi connectivity index (χ1v) is 25.1. The van der Waals surface area contributed by atoms with Crippen LogP contribution in [0.3, 0.4) is 0 Å². The van der Waals surface area contributed by atoms with Gasteiger partial charge in [0.2, 0.25) is 0 Å². The number of carbonyl (C=O) groups excluding carboxylic acids is 2. The molecule has 0 fully saturated rings. The summed E-state index contributed by atoms with van der Waals surface area (Å²) in [7, 11) is 4.29. The smallest absolute Gasteiger partial charge is 0.306 e. The molecule has 6 heteroatoms. The molecular formula is C50H100N2O4. The summed E-state index contributed by atoms with van der Waals surface area (Å²) in [6, 6.07) is 0. The van der Waals surface area contributed by atoms with Crippen LogP contribution in [0.5, 0.6) is 0 Å². The van der Waals surface area contributed by atoms with Gasteiger partial charge in [-0.2, -0.15) is 0 Å². The fourth-order valence-electron chi connectivity index (χ4n) is 7.86. The van der Waals surface area contributed by atoms with Gasteiger partial charge in [0.05, 0.1) is 0 Å². The highest BCUT2D eigenvalue weighted by Crippen LogP contribution is 2.20. The van der Waals surface area contributed by atoms with Crippen molar-refractivity contribution in [2.24, 2.45) is 0 Å². The van der Waals surface area contributed by atoms with Gasteiger partial charge < -0.3 is 19.3 Å². The minimum absolute atomic E-state index is 0.0195.